The van der Waals surface area contributed by atoms with Crippen molar-refractivity contribution in [2.24, 2.45) is 0 Å². The first-order chi connectivity index (χ1) is 6.22. The van der Waals surface area contributed by atoms with Gasteiger partial charge in [0.2, 0.25) is 0 Å². The van der Waals surface area contributed by atoms with Crippen molar-refractivity contribution in [1.82, 2.24) is 9.80 Å². The van der Waals surface area contributed by atoms with Gasteiger partial charge in [0, 0.05) is 32.1 Å². The molecule has 1 saturated heterocycles. The minimum absolute atomic E-state index is 0.234. The summed E-state index contributed by atoms with van der Waals surface area (Å²) in [6, 6.07) is 0. The van der Waals surface area contributed by atoms with Crippen molar-refractivity contribution in [1.29, 1.82) is 0 Å². The minimum atomic E-state index is 0.234. The molecule has 4 heteroatoms. The number of nitrogens with zero attached hydrogens (tertiary/aromatic N) is 2. The fourth-order valence-electron chi connectivity index (χ4n) is 1.42. The van der Waals surface area contributed by atoms with Crippen molar-refractivity contribution in [2.45, 2.75) is 6.10 Å². The molecule has 1 unspecified atom stereocenters. The summed E-state index contributed by atoms with van der Waals surface area (Å²) in [5, 5.41) is 0. The highest BCUT2D eigenvalue weighted by molar-refractivity contribution is 6.18. The van der Waals surface area contributed by atoms with Crippen LogP contribution in [0.2, 0.25) is 0 Å². The van der Waals surface area contributed by atoms with Gasteiger partial charge in [-0.1, -0.05) is 0 Å². The second kappa shape index (κ2) is 5.81. The Hall–Kier alpha value is 0.170. The Morgan fingerprint density at radius 1 is 1.54 bits per heavy atom. The van der Waals surface area contributed by atoms with Gasteiger partial charge in [0.15, 0.2) is 0 Å². The first-order valence-electron chi connectivity index (χ1n) is 4.77. The van der Waals surface area contributed by atoms with Crippen molar-refractivity contribution in [2.75, 3.05) is 52.8 Å². The lowest BCUT2D eigenvalue weighted by atomic mass is 10.3. The molecule has 0 spiro atoms. The van der Waals surface area contributed by atoms with Gasteiger partial charge in [-0.05, 0) is 14.1 Å². The van der Waals surface area contributed by atoms with Crippen LogP contribution in [-0.2, 0) is 4.74 Å². The molecule has 1 heterocycles. The molecule has 1 aliphatic heterocycles. The van der Waals surface area contributed by atoms with Gasteiger partial charge in [0.25, 0.3) is 0 Å². The first kappa shape index (κ1) is 11.2. The van der Waals surface area contributed by atoms with Gasteiger partial charge in [-0.25, -0.2) is 0 Å². The fourth-order valence-corrected chi connectivity index (χ4v) is 1.60. The average molecular weight is 207 g/mol. The summed E-state index contributed by atoms with van der Waals surface area (Å²) in [5.41, 5.74) is 0. The zero-order chi connectivity index (χ0) is 9.68. The van der Waals surface area contributed by atoms with E-state index in [-0.39, 0.29) is 6.10 Å². The zero-order valence-corrected chi connectivity index (χ0v) is 9.26. The van der Waals surface area contributed by atoms with Gasteiger partial charge >= 0.3 is 0 Å². The van der Waals surface area contributed by atoms with E-state index < -0.39 is 0 Å². The zero-order valence-electron chi connectivity index (χ0n) is 8.50. The van der Waals surface area contributed by atoms with Gasteiger partial charge < -0.3 is 9.64 Å². The lowest BCUT2D eigenvalue weighted by Gasteiger charge is -2.32. The molecule has 0 N–H and O–H groups in total. The molecule has 78 valence electrons. The molecule has 0 radical (unpaired) electrons. The second-order valence-corrected chi connectivity index (χ2v) is 4.06. The smallest absolute Gasteiger partial charge is 0.0837 e. The Morgan fingerprint density at radius 2 is 2.31 bits per heavy atom. The van der Waals surface area contributed by atoms with E-state index in [4.69, 9.17) is 16.3 Å². The number of halogens is 1. The second-order valence-electron chi connectivity index (χ2n) is 3.75. The van der Waals surface area contributed by atoms with Gasteiger partial charge in [-0.15, -0.1) is 11.6 Å². The van der Waals surface area contributed by atoms with Crippen LogP contribution in [0.3, 0.4) is 0 Å². The summed E-state index contributed by atoms with van der Waals surface area (Å²) in [6.07, 6.45) is 0.234. The molecule has 13 heavy (non-hydrogen) atoms. The van der Waals surface area contributed by atoms with Gasteiger partial charge in [-0.2, -0.15) is 0 Å². The van der Waals surface area contributed by atoms with E-state index in [1.807, 2.05) is 0 Å². The number of likely N-dealkylation sites (N-methyl/N-ethyl adjacent to an activating group) is 1. The number of rotatable bonds is 4. The molecule has 0 bridgehead atoms. The largest absolute Gasteiger partial charge is 0.374 e. The molecule has 1 aliphatic rings. The van der Waals surface area contributed by atoms with Crippen LogP contribution in [0.5, 0.6) is 0 Å². The van der Waals surface area contributed by atoms with Crippen LogP contribution >= 0.6 is 11.6 Å². The Balaban J connectivity index is 2.18. The molecule has 1 fully saturated rings. The summed E-state index contributed by atoms with van der Waals surface area (Å²) < 4.78 is 5.48. The highest BCUT2D eigenvalue weighted by atomic mass is 35.5. The predicted octanol–water partition coefficient (Wildman–Crippen LogP) is 0.488. The summed E-state index contributed by atoms with van der Waals surface area (Å²) in [6.45, 7) is 5.07. The maximum absolute atomic E-state index is 5.75. The van der Waals surface area contributed by atoms with Crippen molar-refractivity contribution in [3.8, 4) is 0 Å². The van der Waals surface area contributed by atoms with E-state index in [1.54, 1.807) is 0 Å². The summed E-state index contributed by atoms with van der Waals surface area (Å²) >= 11 is 5.75. The molecule has 3 nitrogen and oxygen atoms in total. The molecule has 1 rings (SSSR count). The van der Waals surface area contributed by atoms with Crippen LogP contribution < -0.4 is 0 Å². The van der Waals surface area contributed by atoms with E-state index >= 15 is 0 Å². The highest BCUT2D eigenvalue weighted by Crippen LogP contribution is 2.05. The fraction of sp³-hybridized carbons (Fsp3) is 1.00. The number of alkyl halides is 1. The SMILES string of the molecule is CN(C)CCN1CCOC(CCl)C1. The van der Waals surface area contributed by atoms with Crippen molar-refractivity contribution in [3.05, 3.63) is 0 Å². The van der Waals surface area contributed by atoms with E-state index in [0.717, 1.165) is 32.8 Å². The monoisotopic (exact) mass is 206 g/mol. The molecule has 0 amide bonds. The van der Waals surface area contributed by atoms with Crippen LogP contribution in [-0.4, -0.2) is 68.7 Å². The third-order valence-corrected chi connectivity index (χ3v) is 2.60. The van der Waals surface area contributed by atoms with Gasteiger partial charge in [0.1, 0.15) is 0 Å². The summed E-state index contributed by atoms with van der Waals surface area (Å²) in [5.74, 6) is 0.610. The molecule has 0 aromatic heterocycles. The molecule has 1 atom stereocenters. The molecule has 0 saturated carbocycles. The first-order valence-corrected chi connectivity index (χ1v) is 5.30. The van der Waals surface area contributed by atoms with Crippen LogP contribution in [0, 0.1) is 0 Å². The quantitative estimate of drug-likeness (QED) is 0.623. The Bertz CT molecular complexity index is 144. The van der Waals surface area contributed by atoms with E-state index in [2.05, 4.69) is 23.9 Å². The third-order valence-electron chi connectivity index (χ3n) is 2.26. The predicted molar refractivity (Wildman–Crippen MR) is 55.5 cm³/mol. The van der Waals surface area contributed by atoms with Gasteiger partial charge in [-0.3, -0.25) is 4.90 Å². The number of hydrogen-bond acceptors (Lipinski definition) is 3. The molecular weight excluding hydrogens is 188 g/mol. The van der Waals surface area contributed by atoms with Crippen LogP contribution in [0.25, 0.3) is 0 Å². The van der Waals surface area contributed by atoms with Crippen molar-refractivity contribution >= 4 is 11.6 Å². The van der Waals surface area contributed by atoms with Crippen LogP contribution in [0.1, 0.15) is 0 Å². The maximum Gasteiger partial charge on any atom is 0.0837 e. The average Bonchev–Trinajstić information content (AvgIpc) is 2.15. The Kier molecular flexibility index (Phi) is 5.02. The van der Waals surface area contributed by atoms with Crippen molar-refractivity contribution < 1.29 is 4.74 Å². The summed E-state index contributed by atoms with van der Waals surface area (Å²) in [4.78, 5) is 4.61. The standard InChI is InChI=1S/C9H19ClN2O/c1-11(2)3-4-12-5-6-13-9(7-10)8-12/h9H,3-8H2,1-2H3. The molecular formula is C9H19ClN2O. The number of morpholine rings is 1. The molecule has 0 aliphatic carbocycles. The number of hydrogen-bond donors (Lipinski definition) is 0. The number of ether oxygens (including phenoxy) is 1. The third kappa shape index (κ3) is 4.27. The lowest BCUT2D eigenvalue weighted by Crippen LogP contribution is -2.45. The Morgan fingerprint density at radius 3 is 2.92 bits per heavy atom. The van der Waals surface area contributed by atoms with E-state index in [0.29, 0.717) is 5.88 Å². The molecule has 0 aromatic rings. The van der Waals surface area contributed by atoms with Crippen molar-refractivity contribution in [3.63, 3.8) is 0 Å². The minimum Gasteiger partial charge on any atom is -0.374 e. The van der Waals surface area contributed by atoms with E-state index in [9.17, 15) is 0 Å². The maximum atomic E-state index is 5.75. The normalized spacial score (nSPS) is 25.4. The molecule has 0 aromatic carbocycles. The van der Waals surface area contributed by atoms with E-state index in [1.165, 1.54) is 0 Å². The van der Waals surface area contributed by atoms with Crippen LogP contribution in [0.4, 0.5) is 0 Å². The summed E-state index contributed by atoms with van der Waals surface area (Å²) in [7, 11) is 4.19. The van der Waals surface area contributed by atoms with Gasteiger partial charge in [0.05, 0.1) is 12.7 Å². The topological polar surface area (TPSA) is 15.7 Å². The lowest BCUT2D eigenvalue weighted by molar-refractivity contribution is -0.0177. The highest BCUT2D eigenvalue weighted by Gasteiger charge is 2.18. The Labute approximate surface area is 85.6 Å². The van der Waals surface area contributed by atoms with Crippen LogP contribution in [0.15, 0.2) is 0 Å².